The van der Waals surface area contributed by atoms with Crippen LogP contribution in [0.5, 0.6) is 0 Å². The van der Waals surface area contributed by atoms with Crippen LogP contribution in [-0.2, 0) is 0 Å². The Balaban J connectivity index is 4.00. The summed E-state index contributed by atoms with van der Waals surface area (Å²) in [6, 6.07) is 0. The summed E-state index contributed by atoms with van der Waals surface area (Å²) in [6.45, 7) is 7.70. The number of aliphatic imine (C=N–C) groups is 1. The molecule has 0 fully saturated rings. The van der Waals surface area contributed by atoms with Gasteiger partial charge >= 0.3 is 0 Å². The smallest absolute Gasteiger partial charge is 0.0415 e. The zero-order chi connectivity index (χ0) is 8.69. The van der Waals surface area contributed by atoms with E-state index in [1.807, 2.05) is 27.0 Å². The molecule has 0 aromatic heterocycles. The minimum Gasteiger partial charge on any atom is -0.392 e. The highest BCUT2D eigenvalue weighted by molar-refractivity contribution is 5.55. The topological polar surface area (TPSA) is 24.4 Å². The van der Waals surface area contributed by atoms with Crippen molar-refractivity contribution in [3.63, 3.8) is 0 Å². The normalized spacial score (nSPS) is 12.1. The molecule has 0 rings (SSSR count). The molecular weight excluding hydrogens is 136 g/mol. The molecule has 0 aromatic carbocycles. The zero-order valence-electron chi connectivity index (χ0n) is 7.52. The van der Waals surface area contributed by atoms with E-state index in [0.29, 0.717) is 0 Å². The van der Waals surface area contributed by atoms with Crippen molar-refractivity contribution in [2.45, 2.75) is 20.3 Å². The van der Waals surface area contributed by atoms with Crippen molar-refractivity contribution in [3.8, 4) is 0 Å². The van der Waals surface area contributed by atoms with Gasteiger partial charge in [0.2, 0.25) is 0 Å². The quantitative estimate of drug-likeness (QED) is 0.613. The third-order valence-electron chi connectivity index (χ3n) is 1.38. The number of nitrogens with one attached hydrogen (secondary N) is 1. The van der Waals surface area contributed by atoms with Crippen molar-refractivity contribution >= 4 is 6.21 Å². The molecule has 0 spiro atoms. The average molecular weight is 152 g/mol. The van der Waals surface area contributed by atoms with Crippen LogP contribution < -0.4 is 5.32 Å². The van der Waals surface area contributed by atoms with E-state index < -0.39 is 0 Å². The van der Waals surface area contributed by atoms with Gasteiger partial charge in [-0.15, -0.1) is 0 Å². The fourth-order valence-corrected chi connectivity index (χ4v) is 0.695. The monoisotopic (exact) mass is 152 g/mol. The highest BCUT2D eigenvalue weighted by Gasteiger charge is 1.93. The summed E-state index contributed by atoms with van der Waals surface area (Å²) in [5.41, 5.74) is 2.04. The number of hydrogen-bond donors (Lipinski definition) is 1. The summed E-state index contributed by atoms with van der Waals surface area (Å²) in [6.07, 6.45) is 4.58. The Kier molecular flexibility index (Phi) is 5.17. The minimum atomic E-state index is 0.803. The first kappa shape index (κ1) is 9.95. The summed E-state index contributed by atoms with van der Waals surface area (Å²) >= 11 is 0. The molecule has 0 aliphatic rings. The lowest BCUT2D eigenvalue weighted by molar-refractivity contribution is 0.911. The Labute approximate surface area is 68.7 Å². The standard InChI is InChI=1S/C9H16N2/c1-5-9(11-6-2)7-8(3)10-4/h5-6,10H,3,7H2,1-2,4H3/b9-5-,11-6?. The maximum absolute atomic E-state index is 4.17. The van der Waals surface area contributed by atoms with Gasteiger partial charge in [0.05, 0.1) is 0 Å². The van der Waals surface area contributed by atoms with Gasteiger partial charge in [-0.3, -0.25) is 4.99 Å². The van der Waals surface area contributed by atoms with E-state index in [0.717, 1.165) is 17.8 Å². The summed E-state index contributed by atoms with van der Waals surface area (Å²) in [5, 5.41) is 2.98. The van der Waals surface area contributed by atoms with Crippen LogP contribution in [0.15, 0.2) is 29.0 Å². The van der Waals surface area contributed by atoms with Crippen LogP contribution in [0.2, 0.25) is 0 Å². The molecule has 0 saturated heterocycles. The van der Waals surface area contributed by atoms with Crippen LogP contribution in [0.25, 0.3) is 0 Å². The van der Waals surface area contributed by atoms with E-state index in [-0.39, 0.29) is 0 Å². The molecule has 0 unspecified atom stereocenters. The largest absolute Gasteiger partial charge is 0.392 e. The first-order valence-electron chi connectivity index (χ1n) is 3.74. The molecule has 0 heterocycles. The summed E-state index contributed by atoms with van der Waals surface area (Å²) in [4.78, 5) is 4.17. The Hall–Kier alpha value is -1.05. The van der Waals surface area contributed by atoms with Crippen LogP contribution in [0.3, 0.4) is 0 Å². The van der Waals surface area contributed by atoms with Gasteiger partial charge in [0.25, 0.3) is 0 Å². The van der Waals surface area contributed by atoms with Crippen LogP contribution >= 0.6 is 0 Å². The second-order valence-electron chi connectivity index (χ2n) is 2.20. The Morgan fingerprint density at radius 1 is 1.55 bits per heavy atom. The molecule has 62 valence electrons. The molecule has 2 heteroatoms. The van der Waals surface area contributed by atoms with Crippen molar-refractivity contribution in [1.82, 2.24) is 5.32 Å². The first-order valence-corrected chi connectivity index (χ1v) is 3.74. The van der Waals surface area contributed by atoms with Crippen molar-refractivity contribution in [1.29, 1.82) is 0 Å². The lowest BCUT2D eigenvalue weighted by Gasteiger charge is -2.03. The minimum absolute atomic E-state index is 0.803. The van der Waals surface area contributed by atoms with E-state index >= 15 is 0 Å². The molecule has 0 amide bonds. The van der Waals surface area contributed by atoms with Crippen LogP contribution in [0.1, 0.15) is 20.3 Å². The second kappa shape index (κ2) is 5.71. The number of rotatable bonds is 4. The molecular formula is C9H16N2. The third-order valence-corrected chi connectivity index (χ3v) is 1.38. The number of allylic oxidation sites excluding steroid dienone is 1. The SMILES string of the molecule is C=C(C/C(=C/C)N=CC)NC. The lowest BCUT2D eigenvalue weighted by Crippen LogP contribution is -2.04. The zero-order valence-corrected chi connectivity index (χ0v) is 7.52. The number of hydrogen-bond acceptors (Lipinski definition) is 2. The van der Waals surface area contributed by atoms with Gasteiger partial charge in [-0.05, 0) is 13.8 Å². The van der Waals surface area contributed by atoms with E-state index in [1.165, 1.54) is 0 Å². The predicted molar refractivity (Wildman–Crippen MR) is 50.7 cm³/mol. The van der Waals surface area contributed by atoms with Gasteiger partial charge in [0.1, 0.15) is 0 Å². The predicted octanol–water partition coefficient (Wildman–Crippen LogP) is 2.10. The highest BCUT2D eigenvalue weighted by atomic mass is 14.8. The fraction of sp³-hybridized carbons (Fsp3) is 0.444. The highest BCUT2D eigenvalue weighted by Crippen LogP contribution is 2.06. The van der Waals surface area contributed by atoms with E-state index in [1.54, 1.807) is 6.21 Å². The summed E-state index contributed by atoms with van der Waals surface area (Å²) in [5.74, 6) is 0. The molecule has 0 aliphatic carbocycles. The van der Waals surface area contributed by atoms with Gasteiger partial charge in [0.15, 0.2) is 0 Å². The van der Waals surface area contributed by atoms with Gasteiger partial charge in [-0.1, -0.05) is 12.7 Å². The summed E-state index contributed by atoms with van der Waals surface area (Å²) in [7, 11) is 1.87. The maximum Gasteiger partial charge on any atom is 0.0415 e. The van der Waals surface area contributed by atoms with Crippen molar-refractivity contribution in [2.24, 2.45) is 4.99 Å². The molecule has 2 nitrogen and oxygen atoms in total. The molecule has 0 atom stereocenters. The Bertz CT molecular complexity index is 178. The van der Waals surface area contributed by atoms with Crippen molar-refractivity contribution in [3.05, 3.63) is 24.0 Å². The first-order chi connectivity index (χ1) is 5.24. The van der Waals surface area contributed by atoms with Crippen LogP contribution in [0, 0.1) is 0 Å². The van der Waals surface area contributed by atoms with Crippen LogP contribution in [-0.4, -0.2) is 13.3 Å². The molecule has 1 N–H and O–H groups in total. The Morgan fingerprint density at radius 2 is 2.18 bits per heavy atom. The maximum atomic E-state index is 4.17. The fourth-order valence-electron chi connectivity index (χ4n) is 0.695. The van der Waals surface area contributed by atoms with E-state index in [4.69, 9.17) is 0 Å². The third kappa shape index (κ3) is 4.37. The molecule has 0 saturated carbocycles. The van der Waals surface area contributed by atoms with Gasteiger partial charge in [-0.25, -0.2) is 0 Å². The van der Waals surface area contributed by atoms with Crippen molar-refractivity contribution in [2.75, 3.05) is 7.05 Å². The van der Waals surface area contributed by atoms with Crippen molar-refractivity contribution < 1.29 is 0 Å². The van der Waals surface area contributed by atoms with Gasteiger partial charge < -0.3 is 5.32 Å². The molecule has 0 radical (unpaired) electrons. The second-order valence-corrected chi connectivity index (χ2v) is 2.20. The molecule has 0 aliphatic heterocycles. The lowest BCUT2D eigenvalue weighted by atomic mass is 10.2. The molecule has 0 aromatic rings. The van der Waals surface area contributed by atoms with E-state index in [9.17, 15) is 0 Å². The van der Waals surface area contributed by atoms with Crippen LogP contribution in [0.4, 0.5) is 0 Å². The Morgan fingerprint density at radius 3 is 2.55 bits per heavy atom. The molecule has 11 heavy (non-hydrogen) atoms. The summed E-state index contributed by atoms with van der Waals surface area (Å²) < 4.78 is 0. The molecule has 0 bridgehead atoms. The number of nitrogens with zero attached hydrogens (tertiary/aromatic N) is 1. The van der Waals surface area contributed by atoms with Gasteiger partial charge in [-0.2, -0.15) is 0 Å². The average Bonchev–Trinajstić information content (AvgIpc) is 2.03. The van der Waals surface area contributed by atoms with Gasteiger partial charge in [0, 0.05) is 31.1 Å². The van der Waals surface area contributed by atoms with E-state index in [2.05, 4.69) is 16.9 Å².